The van der Waals surface area contributed by atoms with Crippen LogP contribution in [0.3, 0.4) is 0 Å². The third kappa shape index (κ3) is 1.94. The van der Waals surface area contributed by atoms with E-state index >= 15 is 0 Å². The summed E-state index contributed by atoms with van der Waals surface area (Å²) in [6.07, 6.45) is 6.11. The smallest absolute Gasteiger partial charge is 0.154 e. The van der Waals surface area contributed by atoms with Crippen molar-refractivity contribution in [2.45, 2.75) is 6.92 Å². The van der Waals surface area contributed by atoms with Gasteiger partial charge in [0, 0.05) is 18.2 Å². The molecule has 83 valence electrons. The van der Waals surface area contributed by atoms with Crippen molar-refractivity contribution in [3.8, 4) is 0 Å². The number of hydrogen-bond acceptors (Lipinski definition) is 5. The summed E-state index contributed by atoms with van der Waals surface area (Å²) in [6, 6.07) is 5.38. The van der Waals surface area contributed by atoms with Gasteiger partial charge in [-0.25, -0.2) is 9.97 Å². The average molecular weight is 225 g/mol. The number of nitrogens with zero attached hydrogens (tertiary/aromatic N) is 3. The summed E-state index contributed by atoms with van der Waals surface area (Å²) < 4.78 is 5.28. The van der Waals surface area contributed by atoms with Gasteiger partial charge in [0.2, 0.25) is 0 Å². The van der Waals surface area contributed by atoms with Crippen molar-refractivity contribution in [2.75, 3.05) is 5.32 Å². The Morgan fingerprint density at radius 1 is 1.41 bits per heavy atom. The van der Waals surface area contributed by atoms with Crippen LogP contribution in [-0.4, -0.2) is 15.0 Å². The van der Waals surface area contributed by atoms with Gasteiger partial charge in [-0.05, 0) is 6.92 Å². The zero-order valence-electron chi connectivity index (χ0n) is 9.14. The maximum atomic E-state index is 5.28. The molecule has 0 atom stereocenters. The fraction of sp³-hybridized carbons (Fsp3) is 0.0833. The lowest BCUT2D eigenvalue weighted by atomic mass is 10.3. The van der Waals surface area contributed by atoms with Crippen LogP contribution < -0.4 is 5.32 Å². The molecule has 1 N–H and O–H groups in total. The average Bonchev–Trinajstić information content (AvgIpc) is 2.76. The van der Waals surface area contributed by atoms with E-state index in [4.69, 9.17) is 4.42 Å². The summed E-state index contributed by atoms with van der Waals surface area (Å²) >= 11 is 0. The maximum Gasteiger partial charge on any atom is 0.154 e. The fourth-order valence-corrected chi connectivity index (χ4v) is 1.55. The molecule has 0 aliphatic carbocycles. The second-order valence-corrected chi connectivity index (χ2v) is 3.58. The first-order valence-electron chi connectivity index (χ1n) is 5.13. The minimum Gasteiger partial charge on any atom is -0.463 e. The number of nitrogens with one attached hydrogen (secondary N) is 1. The number of furan rings is 1. The first-order valence-corrected chi connectivity index (χ1v) is 5.13. The van der Waals surface area contributed by atoms with E-state index in [-0.39, 0.29) is 0 Å². The minimum atomic E-state index is 0.669. The summed E-state index contributed by atoms with van der Waals surface area (Å²) in [6.45, 7) is 1.82. The standard InChI is InChI=1S/C12H9N4O/c1-8-13-4-2-12(15-8)16-9-6-11-10(14-7-9)3-5-17-11/h2-3,5-7H,1H3,(H,13,15,16). The molecule has 5 heteroatoms. The largest absolute Gasteiger partial charge is 0.463 e. The monoisotopic (exact) mass is 225 g/mol. The van der Waals surface area contributed by atoms with Gasteiger partial charge in [0.1, 0.15) is 17.2 Å². The summed E-state index contributed by atoms with van der Waals surface area (Å²) in [7, 11) is 0. The predicted molar refractivity (Wildman–Crippen MR) is 62.9 cm³/mol. The van der Waals surface area contributed by atoms with Crippen LogP contribution in [-0.2, 0) is 0 Å². The molecule has 0 aliphatic heterocycles. The van der Waals surface area contributed by atoms with Crippen LogP contribution in [0, 0.1) is 13.1 Å². The van der Waals surface area contributed by atoms with Gasteiger partial charge in [0.15, 0.2) is 5.58 Å². The zero-order valence-corrected chi connectivity index (χ0v) is 9.14. The SMILES string of the molecule is Cc1n[c]cc(Nc2cnc3ccoc3c2)n1. The molecular formula is C12H9N4O. The molecule has 0 fully saturated rings. The van der Waals surface area contributed by atoms with E-state index in [0.29, 0.717) is 11.6 Å². The summed E-state index contributed by atoms with van der Waals surface area (Å²) in [4.78, 5) is 12.4. The summed E-state index contributed by atoms with van der Waals surface area (Å²) in [5.41, 5.74) is 2.39. The van der Waals surface area contributed by atoms with E-state index in [1.54, 1.807) is 18.5 Å². The Morgan fingerprint density at radius 2 is 2.35 bits per heavy atom. The number of fused-ring (bicyclic) bond motifs is 1. The van der Waals surface area contributed by atoms with Gasteiger partial charge >= 0.3 is 0 Å². The topological polar surface area (TPSA) is 63.8 Å². The Balaban J connectivity index is 1.94. The number of anilines is 2. The molecular weight excluding hydrogens is 216 g/mol. The lowest BCUT2D eigenvalue weighted by Crippen LogP contribution is -1.96. The Bertz CT molecular complexity index is 662. The highest BCUT2D eigenvalue weighted by Crippen LogP contribution is 2.19. The van der Waals surface area contributed by atoms with Crippen molar-refractivity contribution < 1.29 is 4.42 Å². The molecule has 0 spiro atoms. The van der Waals surface area contributed by atoms with Crippen molar-refractivity contribution in [1.29, 1.82) is 0 Å². The van der Waals surface area contributed by atoms with Crippen LogP contribution in [0.4, 0.5) is 11.5 Å². The number of pyridine rings is 1. The van der Waals surface area contributed by atoms with E-state index in [2.05, 4.69) is 26.5 Å². The fourth-order valence-electron chi connectivity index (χ4n) is 1.55. The molecule has 3 aromatic rings. The van der Waals surface area contributed by atoms with Gasteiger partial charge in [-0.15, -0.1) is 0 Å². The first kappa shape index (κ1) is 9.77. The van der Waals surface area contributed by atoms with Crippen LogP contribution in [0.5, 0.6) is 0 Å². The van der Waals surface area contributed by atoms with Crippen molar-refractivity contribution in [1.82, 2.24) is 15.0 Å². The van der Waals surface area contributed by atoms with E-state index < -0.39 is 0 Å². The quantitative estimate of drug-likeness (QED) is 0.725. The molecule has 0 aliphatic rings. The van der Waals surface area contributed by atoms with Gasteiger partial charge in [-0.2, -0.15) is 0 Å². The molecule has 3 rings (SSSR count). The highest BCUT2D eigenvalue weighted by Gasteiger charge is 2.01. The van der Waals surface area contributed by atoms with Crippen LogP contribution in [0.1, 0.15) is 5.82 Å². The Labute approximate surface area is 97.5 Å². The first-order chi connectivity index (χ1) is 8.31. The van der Waals surface area contributed by atoms with Crippen LogP contribution in [0.15, 0.2) is 35.1 Å². The number of rotatable bonds is 2. The number of aromatic nitrogens is 3. The third-order valence-corrected chi connectivity index (χ3v) is 2.28. The molecule has 0 unspecified atom stereocenters. The van der Waals surface area contributed by atoms with Gasteiger partial charge in [-0.3, -0.25) is 4.98 Å². The third-order valence-electron chi connectivity index (χ3n) is 2.28. The predicted octanol–water partition coefficient (Wildman–Crippen LogP) is 2.47. The molecule has 0 saturated carbocycles. The van der Waals surface area contributed by atoms with Crippen molar-refractivity contribution in [3.05, 3.63) is 42.7 Å². The molecule has 3 heterocycles. The molecule has 17 heavy (non-hydrogen) atoms. The molecule has 1 radical (unpaired) electrons. The second-order valence-electron chi connectivity index (χ2n) is 3.58. The Hall–Kier alpha value is -2.43. The van der Waals surface area contributed by atoms with Crippen molar-refractivity contribution in [3.63, 3.8) is 0 Å². The van der Waals surface area contributed by atoms with Crippen LogP contribution in [0.25, 0.3) is 11.1 Å². The van der Waals surface area contributed by atoms with Crippen LogP contribution in [0.2, 0.25) is 0 Å². The zero-order chi connectivity index (χ0) is 11.7. The van der Waals surface area contributed by atoms with Crippen molar-refractivity contribution in [2.24, 2.45) is 0 Å². The van der Waals surface area contributed by atoms with E-state index in [0.717, 1.165) is 16.8 Å². The lowest BCUT2D eigenvalue weighted by molar-refractivity contribution is 0.615. The molecule has 3 aromatic heterocycles. The normalized spacial score (nSPS) is 10.6. The van der Waals surface area contributed by atoms with Gasteiger partial charge < -0.3 is 9.73 Å². The van der Waals surface area contributed by atoms with Crippen LogP contribution >= 0.6 is 0 Å². The minimum absolute atomic E-state index is 0.669. The molecule has 0 aromatic carbocycles. The van der Waals surface area contributed by atoms with Gasteiger partial charge in [-0.1, -0.05) is 0 Å². The van der Waals surface area contributed by atoms with Gasteiger partial charge in [0.25, 0.3) is 0 Å². The number of hydrogen-bond donors (Lipinski definition) is 1. The van der Waals surface area contributed by atoms with E-state index in [9.17, 15) is 0 Å². The van der Waals surface area contributed by atoms with Crippen molar-refractivity contribution >= 4 is 22.6 Å². The summed E-state index contributed by atoms with van der Waals surface area (Å²) in [5, 5.41) is 3.12. The van der Waals surface area contributed by atoms with Gasteiger partial charge in [0.05, 0.1) is 24.3 Å². The molecule has 0 bridgehead atoms. The summed E-state index contributed by atoms with van der Waals surface area (Å²) in [5.74, 6) is 1.35. The lowest BCUT2D eigenvalue weighted by Gasteiger charge is -2.04. The Morgan fingerprint density at radius 3 is 3.24 bits per heavy atom. The Kier molecular flexibility index (Phi) is 2.22. The highest BCUT2D eigenvalue weighted by atomic mass is 16.3. The molecule has 0 amide bonds. The highest BCUT2D eigenvalue weighted by molar-refractivity contribution is 5.76. The van der Waals surface area contributed by atoms with E-state index in [1.165, 1.54) is 0 Å². The second kappa shape index (κ2) is 3.86. The number of aryl methyl sites for hydroxylation is 1. The van der Waals surface area contributed by atoms with E-state index in [1.807, 2.05) is 19.1 Å². The maximum absolute atomic E-state index is 5.28. The molecule has 0 saturated heterocycles. The molecule has 5 nitrogen and oxygen atoms in total.